The zero-order valence-electron chi connectivity index (χ0n) is 10.7. The molecule has 1 heterocycles. The average molecular weight is 226 g/mol. The summed E-state index contributed by atoms with van der Waals surface area (Å²) < 4.78 is 6.95. The summed E-state index contributed by atoms with van der Waals surface area (Å²) in [5.41, 5.74) is 0.101. The summed E-state index contributed by atoms with van der Waals surface area (Å²) >= 11 is 0. The average Bonchev–Trinajstić information content (AvgIpc) is 2.62. The van der Waals surface area contributed by atoms with Crippen molar-refractivity contribution in [2.45, 2.75) is 45.8 Å². The van der Waals surface area contributed by atoms with Crippen LogP contribution in [0.4, 0.5) is 0 Å². The lowest BCUT2D eigenvalue weighted by Gasteiger charge is -2.20. The Morgan fingerprint density at radius 2 is 2.19 bits per heavy atom. The van der Waals surface area contributed by atoms with Crippen LogP contribution < -0.4 is 5.32 Å². The minimum atomic E-state index is 0.101. The first kappa shape index (κ1) is 13.1. The van der Waals surface area contributed by atoms with Crippen LogP contribution in [-0.2, 0) is 17.8 Å². The minimum absolute atomic E-state index is 0.101. The molecular formula is C11H22N4O. The Morgan fingerprint density at radius 1 is 1.44 bits per heavy atom. The highest BCUT2D eigenvalue weighted by Gasteiger charge is 2.11. The highest BCUT2D eigenvalue weighted by Crippen LogP contribution is 2.02. The van der Waals surface area contributed by atoms with Crippen LogP contribution in [0.5, 0.6) is 0 Å². The van der Waals surface area contributed by atoms with Crippen molar-refractivity contribution in [3.05, 3.63) is 12.2 Å². The molecule has 0 unspecified atom stereocenters. The van der Waals surface area contributed by atoms with Gasteiger partial charge < -0.3 is 10.1 Å². The summed E-state index contributed by atoms with van der Waals surface area (Å²) in [5, 5.41) is 7.60. The highest BCUT2D eigenvalue weighted by atomic mass is 16.5. The van der Waals surface area contributed by atoms with Crippen LogP contribution in [0.3, 0.4) is 0 Å². The SMILES string of the molecule is COCCCn1ncnc1CNC(C)(C)C. The summed E-state index contributed by atoms with van der Waals surface area (Å²) in [4.78, 5) is 4.25. The maximum atomic E-state index is 5.02. The number of hydrogen-bond donors (Lipinski definition) is 1. The first-order chi connectivity index (χ1) is 7.53. The Balaban J connectivity index is 2.44. The number of hydrogen-bond acceptors (Lipinski definition) is 4. The molecule has 0 saturated carbocycles. The largest absolute Gasteiger partial charge is 0.385 e. The second-order valence-electron chi connectivity index (χ2n) is 4.85. The Hall–Kier alpha value is -0.940. The molecule has 0 saturated heterocycles. The number of nitrogens with one attached hydrogen (secondary N) is 1. The summed E-state index contributed by atoms with van der Waals surface area (Å²) in [7, 11) is 1.71. The van der Waals surface area contributed by atoms with Gasteiger partial charge in [0.15, 0.2) is 0 Å². The first-order valence-electron chi connectivity index (χ1n) is 5.63. The van der Waals surface area contributed by atoms with Crippen molar-refractivity contribution >= 4 is 0 Å². The van der Waals surface area contributed by atoms with Gasteiger partial charge in [0.25, 0.3) is 0 Å². The lowest BCUT2D eigenvalue weighted by atomic mass is 10.1. The third kappa shape index (κ3) is 4.72. The minimum Gasteiger partial charge on any atom is -0.385 e. The zero-order chi connectivity index (χ0) is 12.0. The molecule has 0 amide bonds. The van der Waals surface area contributed by atoms with Gasteiger partial charge in [-0.1, -0.05) is 0 Å². The Kier molecular flexibility index (Phi) is 4.89. The molecule has 0 aliphatic heterocycles. The van der Waals surface area contributed by atoms with E-state index in [1.54, 1.807) is 13.4 Å². The molecule has 0 spiro atoms. The van der Waals surface area contributed by atoms with E-state index in [1.807, 2.05) is 4.68 Å². The van der Waals surface area contributed by atoms with Crippen molar-refractivity contribution in [1.82, 2.24) is 20.1 Å². The second-order valence-corrected chi connectivity index (χ2v) is 4.85. The standard InChI is InChI=1S/C11H22N4O/c1-11(2,3)13-8-10-12-9-14-15(10)6-5-7-16-4/h9,13H,5-8H2,1-4H3. The summed E-state index contributed by atoms with van der Waals surface area (Å²) in [6.07, 6.45) is 2.56. The molecule has 1 N–H and O–H groups in total. The van der Waals surface area contributed by atoms with Gasteiger partial charge in [-0.05, 0) is 27.2 Å². The van der Waals surface area contributed by atoms with Crippen LogP contribution in [0.1, 0.15) is 33.0 Å². The van der Waals surface area contributed by atoms with E-state index in [0.717, 1.165) is 31.9 Å². The van der Waals surface area contributed by atoms with Crippen LogP contribution in [-0.4, -0.2) is 34.0 Å². The lowest BCUT2D eigenvalue weighted by molar-refractivity contribution is 0.188. The molecule has 0 fully saturated rings. The number of ether oxygens (including phenoxy) is 1. The molecule has 1 aromatic rings. The quantitative estimate of drug-likeness (QED) is 0.741. The fourth-order valence-corrected chi connectivity index (χ4v) is 1.31. The number of nitrogens with zero attached hydrogens (tertiary/aromatic N) is 3. The van der Waals surface area contributed by atoms with Crippen molar-refractivity contribution < 1.29 is 4.74 Å². The van der Waals surface area contributed by atoms with Crippen LogP contribution in [0.25, 0.3) is 0 Å². The van der Waals surface area contributed by atoms with Gasteiger partial charge in [0.05, 0.1) is 6.54 Å². The molecule has 0 aliphatic rings. The fourth-order valence-electron chi connectivity index (χ4n) is 1.31. The van der Waals surface area contributed by atoms with E-state index < -0.39 is 0 Å². The molecule has 0 radical (unpaired) electrons. The monoisotopic (exact) mass is 226 g/mol. The van der Waals surface area contributed by atoms with Gasteiger partial charge in [0, 0.05) is 25.8 Å². The Labute approximate surface area is 97.2 Å². The van der Waals surface area contributed by atoms with E-state index in [2.05, 4.69) is 36.2 Å². The second kappa shape index (κ2) is 5.96. The maximum Gasteiger partial charge on any atom is 0.140 e. The van der Waals surface area contributed by atoms with Gasteiger partial charge in [-0.25, -0.2) is 9.67 Å². The highest BCUT2D eigenvalue weighted by molar-refractivity contribution is 4.86. The van der Waals surface area contributed by atoms with Crippen molar-refractivity contribution in [2.75, 3.05) is 13.7 Å². The molecule has 0 aliphatic carbocycles. The van der Waals surface area contributed by atoms with Crippen LogP contribution in [0, 0.1) is 0 Å². The molecule has 0 bridgehead atoms. The number of aryl methyl sites for hydroxylation is 1. The maximum absolute atomic E-state index is 5.02. The number of aromatic nitrogens is 3. The Bertz CT molecular complexity index is 303. The molecule has 1 rings (SSSR count). The number of methoxy groups -OCH3 is 1. The molecule has 16 heavy (non-hydrogen) atoms. The zero-order valence-corrected chi connectivity index (χ0v) is 10.7. The van der Waals surface area contributed by atoms with Gasteiger partial charge in [-0.2, -0.15) is 5.10 Å². The predicted octanol–water partition coefficient (Wildman–Crippen LogP) is 1.20. The van der Waals surface area contributed by atoms with Gasteiger partial charge in [-0.3, -0.25) is 0 Å². The molecule has 0 aromatic carbocycles. The van der Waals surface area contributed by atoms with E-state index >= 15 is 0 Å². The van der Waals surface area contributed by atoms with Gasteiger partial charge >= 0.3 is 0 Å². The van der Waals surface area contributed by atoms with Gasteiger partial charge in [-0.15, -0.1) is 0 Å². The summed E-state index contributed by atoms with van der Waals surface area (Å²) in [6, 6.07) is 0. The van der Waals surface area contributed by atoms with E-state index in [9.17, 15) is 0 Å². The number of rotatable bonds is 6. The third-order valence-corrected chi connectivity index (χ3v) is 2.19. The smallest absolute Gasteiger partial charge is 0.140 e. The van der Waals surface area contributed by atoms with Gasteiger partial charge in [0.1, 0.15) is 12.2 Å². The summed E-state index contributed by atoms with van der Waals surface area (Å²) in [5.74, 6) is 0.978. The first-order valence-corrected chi connectivity index (χ1v) is 5.63. The predicted molar refractivity (Wildman–Crippen MR) is 63.1 cm³/mol. The molecule has 92 valence electrons. The van der Waals surface area contributed by atoms with Crippen molar-refractivity contribution in [3.8, 4) is 0 Å². The van der Waals surface area contributed by atoms with Crippen LogP contribution >= 0.6 is 0 Å². The topological polar surface area (TPSA) is 52.0 Å². The summed E-state index contributed by atoms with van der Waals surface area (Å²) in [6.45, 7) is 8.77. The van der Waals surface area contributed by atoms with Crippen molar-refractivity contribution in [1.29, 1.82) is 0 Å². The van der Waals surface area contributed by atoms with E-state index in [0.29, 0.717) is 0 Å². The normalized spacial score (nSPS) is 12.0. The molecule has 1 aromatic heterocycles. The lowest BCUT2D eigenvalue weighted by Crippen LogP contribution is -2.36. The molecule has 5 nitrogen and oxygen atoms in total. The Morgan fingerprint density at radius 3 is 2.81 bits per heavy atom. The molecule has 5 heteroatoms. The van der Waals surface area contributed by atoms with Crippen LogP contribution in [0.15, 0.2) is 6.33 Å². The molecular weight excluding hydrogens is 204 g/mol. The van der Waals surface area contributed by atoms with Gasteiger partial charge in [0.2, 0.25) is 0 Å². The van der Waals surface area contributed by atoms with Crippen molar-refractivity contribution in [3.63, 3.8) is 0 Å². The van der Waals surface area contributed by atoms with Crippen molar-refractivity contribution in [2.24, 2.45) is 0 Å². The van der Waals surface area contributed by atoms with E-state index in [4.69, 9.17) is 4.74 Å². The van der Waals surface area contributed by atoms with Crippen LogP contribution in [0.2, 0.25) is 0 Å². The van der Waals surface area contributed by atoms with E-state index in [1.165, 1.54) is 0 Å². The third-order valence-electron chi connectivity index (χ3n) is 2.19. The molecule has 0 atom stereocenters. The fraction of sp³-hybridized carbons (Fsp3) is 0.818. The van der Waals surface area contributed by atoms with E-state index in [-0.39, 0.29) is 5.54 Å².